The lowest BCUT2D eigenvalue weighted by Gasteiger charge is -2.22. The van der Waals surface area contributed by atoms with Crippen LogP contribution in [0.4, 0.5) is 4.79 Å². The summed E-state index contributed by atoms with van der Waals surface area (Å²) in [4.78, 5) is 12.9. The molecule has 128 valence electrons. The quantitative estimate of drug-likeness (QED) is 0.639. The number of carbonyl (C=O) groups is 1. The van der Waals surface area contributed by atoms with Crippen molar-refractivity contribution in [3.63, 3.8) is 0 Å². The number of ether oxygens (including phenoxy) is 1. The van der Waals surface area contributed by atoms with Gasteiger partial charge in [-0.05, 0) is 17.7 Å². The van der Waals surface area contributed by atoms with Crippen molar-refractivity contribution in [2.45, 2.75) is 23.6 Å². The number of aliphatic hydroxyl groups is 2. The zero-order chi connectivity index (χ0) is 17.2. The highest BCUT2D eigenvalue weighted by atomic mass is 32.2. The van der Waals surface area contributed by atoms with Gasteiger partial charge in [-0.2, -0.15) is 0 Å². The molecule has 2 aromatic rings. The second kappa shape index (κ2) is 9.97. The molecule has 2 unspecified atom stereocenters. The summed E-state index contributed by atoms with van der Waals surface area (Å²) in [6.45, 7) is -0.278. The summed E-state index contributed by atoms with van der Waals surface area (Å²) < 4.78 is 5.15. The van der Waals surface area contributed by atoms with E-state index in [1.165, 1.54) is 11.8 Å². The van der Waals surface area contributed by atoms with Crippen LogP contribution in [0.2, 0.25) is 0 Å². The maximum absolute atomic E-state index is 11.9. The fourth-order valence-electron chi connectivity index (χ4n) is 2.00. The number of amides is 1. The minimum absolute atomic E-state index is 0.153. The lowest BCUT2D eigenvalue weighted by Crippen LogP contribution is -2.46. The van der Waals surface area contributed by atoms with Crippen LogP contribution in [-0.4, -0.2) is 40.8 Å². The Hall–Kier alpha value is -2.02. The Morgan fingerprint density at radius 1 is 1.08 bits per heavy atom. The van der Waals surface area contributed by atoms with E-state index in [4.69, 9.17) is 4.74 Å². The van der Waals surface area contributed by atoms with E-state index in [-0.39, 0.29) is 6.61 Å². The first-order valence-electron chi connectivity index (χ1n) is 7.63. The Balaban J connectivity index is 1.84. The van der Waals surface area contributed by atoms with Gasteiger partial charge in [0.25, 0.3) is 0 Å². The average molecular weight is 347 g/mol. The van der Waals surface area contributed by atoms with Crippen molar-refractivity contribution < 1.29 is 19.7 Å². The molecule has 2 rings (SSSR count). The molecular weight excluding hydrogens is 326 g/mol. The Kier molecular flexibility index (Phi) is 7.61. The van der Waals surface area contributed by atoms with Gasteiger partial charge >= 0.3 is 6.09 Å². The predicted molar refractivity (Wildman–Crippen MR) is 93.8 cm³/mol. The zero-order valence-corrected chi connectivity index (χ0v) is 14.0. The SMILES string of the molecule is O=C(NC(CSc1ccccc1)C(O)CO)OCc1ccccc1. The Morgan fingerprint density at radius 2 is 1.71 bits per heavy atom. The van der Waals surface area contributed by atoms with Gasteiger partial charge in [0, 0.05) is 10.6 Å². The molecule has 0 aliphatic heterocycles. The summed E-state index contributed by atoms with van der Waals surface area (Å²) in [5.74, 6) is 0.423. The van der Waals surface area contributed by atoms with Crippen LogP contribution in [-0.2, 0) is 11.3 Å². The van der Waals surface area contributed by atoms with Crippen LogP contribution in [0.1, 0.15) is 5.56 Å². The molecule has 6 heteroatoms. The van der Waals surface area contributed by atoms with E-state index in [0.717, 1.165) is 10.5 Å². The summed E-state index contributed by atoms with van der Waals surface area (Å²) in [5, 5.41) is 21.7. The third kappa shape index (κ3) is 6.23. The molecule has 0 saturated heterocycles. The molecule has 2 aromatic carbocycles. The highest BCUT2D eigenvalue weighted by Crippen LogP contribution is 2.19. The minimum atomic E-state index is -1.05. The summed E-state index contributed by atoms with van der Waals surface area (Å²) in [5.41, 5.74) is 0.880. The lowest BCUT2D eigenvalue weighted by atomic mass is 10.2. The van der Waals surface area contributed by atoms with Gasteiger partial charge in [-0.25, -0.2) is 4.79 Å². The molecule has 1 amide bonds. The monoisotopic (exact) mass is 347 g/mol. The standard InChI is InChI=1S/C18H21NO4S/c20-11-17(21)16(13-24-15-9-5-2-6-10-15)19-18(22)23-12-14-7-3-1-4-8-14/h1-10,16-17,20-21H,11-13H2,(H,19,22). The third-order valence-corrected chi connectivity index (χ3v) is 4.47. The van der Waals surface area contributed by atoms with Crippen LogP contribution in [0.5, 0.6) is 0 Å². The number of hydrogen-bond acceptors (Lipinski definition) is 5. The molecule has 0 aliphatic rings. The first kappa shape index (κ1) is 18.3. The molecule has 0 aliphatic carbocycles. The summed E-state index contributed by atoms with van der Waals surface area (Å²) in [6, 6.07) is 18.4. The second-order valence-corrected chi connectivity index (χ2v) is 6.28. The molecule has 0 radical (unpaired) electrons. The molecule has 0 saturated carbocycles. The average Bonchev–Trinajstić information content (AvgIpc) is 2.64. The van der Waals surface area contributed by atoms with Crippen molar-refractivity contribution in [2.24, 2.45) is 0 Å². The van der Waals surface area contributed by atoms with Gasteiger partial charge in [0.1, 0.15) is 6.61 Å². The lowest BCUT2D eigenvalue weighted by molar-refractivity contribution is 0.0637. The molecule has 0 fully saturated rings. The number of thioether (sulfide) groups is 1. The van der Waals surface area contributed by atoms with Crippen molar-refractivity contribution in [3.8, 4) is 0 Å². The van der Waals surface area contributed by atoms with Gasteiger partial charge in [-0.1, -0.05) is 48.5 Å². The van der Waals surface area contributed by atoms with Crippen LogP contribution < -0.4 is 5.32 Å². The highest BCUT2D eigenvalue weighted by Gasteiger charge is 2.21. The second-order valence-electron chi connectivity index (χ2n) is 5.19. The van der Waals surface area contributed by atoms with Gasteiger partial charge in [0.05, 0.1) is 18.8 Å². The zero-order valence-electron chi connectivity index (χ0n) is 13.2. The topological polar surface area (TPSA) is 78.8 Å². The third-order valence-electron chi connectivity index (χ3n) is 3.34. The van der Waals surface area contributed by atoms with Crippen LogP contribution in [0.3, 0.4) is 0 Å². The molecule has 0 aromatic heterocycles. The fraction of sp³-hybridized carbons (Fsp3) is 0.278. The molecule has 0 bridgehead atoms. The summed E-state index contributed by atoms with van der Waals surface area (Å²) in [6.07, 6.45) is -1.67. The van der Waals surface area contributed by atoms with Crippen molar-refractivity contribution >= 4 is 17.9 Å². The molecule has 3 N–H and O–H groups in total. The van der Waals surface area contributed by atoms with Gasteiger partial charge in [0.2, 0.25) is 0 Å². The molecule has 24 heavy (non-hydrogen) atoms. The van der Waals surface area contributed by atoms with Crippen molar-refractivity contribution in [2.75, 3.05) is 12.4 Å². The number of alkyl carbamates (subject to hydrolysis) is 1. The van der Waals surface area contributed by atoms with E-state index in [9.17, 15) is 15.0 Å². The van der Waals surface area contributed by atoms with E-state index in [1.807, 2.05) is 60.7 Å². The number of nitrogens with one attached hydrogen (secondary N) is 1. The molecule has 2 atom stereocenters. The van der Waals surface area contributed by atoms with Gasteiger partial charge in [-0.15, -0.1) is 11.8 Å². The van der Waals surface area contributed by atoms with E-state index >= 15 is 0 Å². The van der Waals surface area contributed by atoms with E-state index in [2.05, 4.69) is 5.32 Å². The fourth-order valence-corrected chi connectivity index (χ4v) is 3.02. The molecule has 5 nitrogen and oxygen atoms in total. The smallest absolute Gasteiger partial charge is 0.407 e. The largest absolute Gasteiger partial charge is 0.445 e. The van der Waals surface area contributed by atoms with Crippen molar-refractivity contribution in [1.29, 1.82) is 0 Å². The normalized spacial score (nSPS) is 13.1. The van der Waals surface area contributed by atoms with Crippen molar-refractivity contribution in [1.82, 2.24) is 5.32 Å². The molecular formula is C18H21NO4S. The number of aliphatic hydroxyl groups excluding tert-OH is 2. The van der Waals surface area contributed by atoms with Gasteiger partial charge in [-0.3, -0.25) is 0 Å². The maximum atomic E-state index is 11.9. The van der Waals surface area contributed by atoms with Crippen molar-refractivity contribution in [3.05, 3.63) is 66.2 Å². The van der Waals surface area contributed by atoms with E-state index in [1.54, 1.807) is 0 Å². The first-order valence-corrected chi connectivity index (χ1v) is 8.61. The van der Waals surface area contributed by atoms with Crippen LogP contribution in [0.15, 0.2) is 65.6 Å². The number of rotatable bonds is 8. The summed E-state index contributed by atoms with van der Waals surface area (Å²) in [7, 11) is 0. The van der Waals surface area contributed by atoms with E-state index < -0.39 is 24.8 Å². The van der Waals surface area contributed by atoms with Crippen LogP contribution in [0, 0.1) is 0 Å². The summed E-state index contributed by atoms with van der Waals surface area (Å²) >= 11 is 1.49. The first-order chi connectivity index (χ1) is 11.7. The number of hydrogen-bond donors (Lipinski definition) is 3. The minimum Gasteiger partial charge on any atom is -0.445 e. The van der Waals surface area contributed by atoms with Gasteiger partial charge in [0.15, 0.2) is 0 Å². The van der Waals surface area contributed by atoms with Gasteiger partial charge < -0.3 is 20.3 Å². The van der Waals surface area contributed by atoms with E-state index in [0.29, 0.717) is 5.75 Å². The highest BCUT2D eigenvalue weighted by molar-refractivity contribution is 7.99. The van der Waals surface area contributed by atoms with Crippen LogP contribution >= 0.6 is 11.8 Å². The number of benzene rings is 2. The number of carbonyl (C=O) groups excluding carboxylic acids is 1. The Labute approximate surface area is 145 Å². The predicted octanol–water partition coefficient (Wildman–Crippen LogP) is 2.43. The van der Waals surface area contributed by atoms with Crippen LogP contribution in [0.25, 0.3) is 0 Å². The molecule has 0 heterocycles. The Bertz CT molecular complexity index is 609. The maximum Gasteiger partial charge on any atom is 0.407 e. The molecule has 0 spiro atoms. The Morgan fingerprint density at radius 3 is 2.33 bits per heavy atom.